The van der Waals surface area contributed by atoms with Crippen LogP contribution in [0.3, 0.4) is 0 Å². The number of nitrogens with zero attached hydrogens (tertiary/aromatic N) is 1. The van der Waals surface area contributed by atoms with E-state index in [-0.39, 0.29) is 15.1 Å². The SMILES string of the molecule is C(=NC1CCCCC1[PH+](c1ccccc1)c1ccccc1)c1ccccc1.[Cl][Ru][Cl].c1ccc([PH+](c2ccccc2)c2ccccc2)cc1. The predicted molar refractivity (Wildman–Crippen MR) is 219 cm³/mol. The topological polar surface area (TPSA) is 12.4 Å². The zero-order valence-corrected chi connectivity index (χ0v) is 32.7. The third kappa shape index (κ3) is 11.5. The van der Waals surface area contributed by atoms with E-state index in [1.54, 1.807) is 0 Å². The first-order valence-corrected chi connectivity index (χ1v) is 24.3. The Morgan fingerprint density at radius 1 is 0.469 bits per heavy atom. The van der Waals surface area contributed by atoms with Gasteiger partial charge in [-0.05, 0) is 85.5 Å². The Morgan fingerprint density at radius 2 is 0.796 bits per heavy atom. The molecule has 1 aliphatic rings. The standard InChI is InChI=1S/C25H26NP.C18H15P.2ClH.Ru/c1-4-12-21(13-5-1)20-26-24-18-10-11-19-25(24)27(22-14-6-2-7-15-22)23-16-8-3-9-17-23;1-4-10-16(11-5-1)19(17-12-6-2-7-13-17)18-14-8-3-9-15-18;;;/h1-9,12-17,20,24-25H,10-11,18-19H2;1-15H;2*1H;/q;;;;+2. The first kappa shape index (κ1) is 37.3. The molecule has 2 atom stereocenters. The summed E-state index contributed by atoms with van der Waals surface area (Å²) in [5.74, 6) is 0. The number of aliphatic imine (C=N–C) groups is 1. The van der Waals surface area contributed by atoms with Crippen molar-refractivity contribution in [2.45, 2.75) is 37.4 Å². The zero-order valence-electron chi connectivity index (χ0n) is 27.4. The van der Waals surface area contributed by atoms with Gasteiger partial charge in [0, 0.05) is 6.21 Å². The van der Waals surface area contributed by atoms with Crippen molar-refractivity contribution in [1.29, 1.82) is 0 Å². The molecular formula is C43H43Cl2NP2Ru+2. The van der Waals surface area contributed by atoms with Crippen molar-refractivity contribution in [2.24, 2.45) is 4.99 Å². The van der Waals surface area contributed by atoms with Crippen LogP contribution >= 0.6 is 35.2 Å². The van der Waals surface area contributed by atoms with E-state index in [4.69, 9.17) is 24.4 Å². The van der Waals surface area contributed by atoms with Gasteiger partial charge in [0.2, 0.25) is 0 Å². The molecule has 6 aromatic carbocycles. The molecule has 1 saturated carbocycles. The van der Waals surface area contributed by atoms with E-state index in [1.807, 2.05) is 0 Å². The molecule has 49 heavy (non-hydrogen) atoms. The second kappa shape index (κ2) is 21.3. The van der Waals surface area contributed by atoms with Crippen LogP contribution in [0, 0.1) is 0 Å². The number of benzene rings is 6. The summed E-state index contributed by atoms with van der Waals surface area (Å²) in [6, 6.07) is 65.8. The van der Waals surface area contributed by atoms with Crippen LogP contribution in [0.4, 0.5) is 0 Å². The molecule has 0 bridgehead atoms. The quantitative estimate of drug-likeness (QED) is 0.0826. The second-order valence-electron chi connectivity index (χ2n) is 11.8. The number of hydrogen-bond donors (Lipinski definition) is 0. The molecule has 1 aliphatic carbocycles. The molecule has 2 unspecified atom stereocenters. The molecular weight excluding hydrogens is 764 g/mol. The maximum Gasteiger partial charge on any atom is 0.102 e. The fourth-order valence-corrected chi connectivity index (χ4v) is 12.5. The van der Waals surface area contributed by atoms with Crippen LogP contribution in [-0.4, -0.2) is 17.9 Å². The summed E-state index contributed by atoms with van der Waals surface area (Å²) in [7, 11) is 7.96. The number of halogens is 2. The summed E-state index contributed by atoms with van der Waals surface area (Å²) in [5, 5.41) is 7.33. The van der Waals surface area contributed by atoms with Crippen LogP contribution in [0.1, 0.15) is 31.2 Å². The largest absolute Gasteiger partial charge is 0.102 e. The van der Waals surface area contributed by atoms with Crippen LogP contribution in [0.2, 0.25) is 0 Å². The third-order valence-electron chi connectivity index (χ3n) is 8.67. The Balaban J connectivity index is 0.000000186. The van der Waals surface area contributed by atoms with Gasteiger partial charge in [0.1, 0.15) is 15.9 Å². The van der Waals surface area contributed by atoms with Crippen molar-refractivity contribution in [3.05, 3.63) is 188 Å². The Bertz CT molecular complexity index is 1630. The van der Waals surface area contributed by atoms with Gasteiger partial charge >= 0.3 is 34.5 Å². The molecule has 0 saturated heterocycles. The summed E-state index contributed by atoms with van der Waals surface area (Å²) >= 11 is -0.346. The Morgan fingerprint density at radius 3 is 1.18 bits per heavy atom. The van der Waals surface area contributed by atoms with Crippen LogP contribution in [-0.2, 0) is 15.1 Å². The molecule has 250 valence electrons. The van der Waals surface area contributed by atoms with Crippen LogP contribution in [0.25, 0.3) is 0 Å². The van der Waals surface area contributed by atoms with Gasteiger partial charge in [-0.15, -0.1) is 0 Å². The minimum Gasteiger partial charge on any atom is -0.0620 e. The van der Waals surface area contributed by atoms with Crippen LogP contribution in [0.5, 0.6) is 0 Å². The van der Waals surface area contributed by atoms with Gasteiger partial charge in [0.05, 0.1) is 38.2 Å². The Labute approximate surface area is 311 Å². The van der Waals surface area contributed by atoms with Crippen molar-refractivity contribution < 1.29 is 15.1 Å². The Kier molecular flexibility index (Phi) is 16.2. The Hall–Kier alpha value is -2.95. The molecule has 7 rings (SSSR count). The minimum atomic E-state index is -0.877. The average Bonchev–Trinajstić information content (AvgIpc) is 3.18. The fourth-order valence-electron chi connectivity index (χ4n) is 6.49. The van der Waals surface area contributed by atoms with Crippen molar-refractivity contribution in [2.75, 3.05) is 0 Å². The fraction of sp³-hybridized carbons (Fsp3) is 0.140. The number of rotatable bonds is 8. The molecule has 0 heterocycles. The van der Waals surface area contributed by atoms with Gasteiger partial charge in [-0.3, -0.25) is 4.99 Å². The van der Waals surface area contributed by atoms with E-state index in [0.717, 1.165) is 0 Å². The van der Waals surface area contributed by atoms with Crippen molar-refractivity contribution in [3.63, 3.8) is 0 Å². The third-order valence-corrected chi connectivity index (χ3v) is 14.7. The van der Waals surface area contributed by atoms with Crippen LogP contribution in [0.15, 0.2) is 187 Å². The molecule has 6 heteroatoms. The van der Waals surface area contributed by atoms with E-state index >= 15 is 0 Å². The maximum absolute atomic E-state index is 5.11. The van der Waals surface area contributed by atoms with Crippen molar-refractivity contribution in [3.8, 4) is 0 Å². The first-order valence-electron chi connectivity index (χ1n) is 16.7. The summed E-state index contributed by atoms with van der Waals surface area (Å²) in [4.78, 5) is 5.11. The average molecular weight is 808 g/mol. The summed E-state index contributed by atoms with van der Waals surface area (Å²) in [6.07, 6.45) is 7.22. The van der Waals surface area contributed by atoms with Gasteiger partial charge in [0.25, 0.3) is 0 Å². The second-order valence-corrected chi connectivity index (χ2v) is 19.7. The first-order chi connectivity index (χ1) is 24.3. The van der Waals surface area contributed by atoms with Crippen molar-refractivity contribution in [1.82, 2.24) is 0 Å². The van der Waals surface area contributed by atoms with Gasteiger partial charge in [-0.2, -0.15) is 0 Å². The zero-order chi connectivity index (χ0) is 33.9. The molecule has 0 aliphatic heterocycles. The molecule has 0 radical (unpaired) electrons. The summed E-state index contributed by atoms with van der Waals surface area (Å²) < 4.78 is 0. The van der Waals surface area contributed by atoms with Gasteiger partial charge in [0.15, 0.2) is 0 Å². The predicted octanol–water partition coefficient (Wildman–Crippen LogP) is 9.84. The summed E-state index contributed by atoms with van der Waals surface area (Å²) in [5.41, 5.74) is 1.85. The van der Waals surface area contributed by atoms with Crippen LogP contribution < -0.4 is 26.5 Å². The smallest absolute Gasteiger partial charge is 0.0620 e. The minimum absolute atomic E-state index is 0.346. The molecule has 0 aromatic heterocycles. The van der Waals surface area contributed by atoms with E-state index in [9.17, 15) is 0 Å². The summed E-state index contributed by atoms with van der Waals surface area (Å²) in [6.45, 7) is 0. The van der Waals surface area contributed by atoms with E-state index in [2.05, 4.69) is 188 Å². The van der Waals surface area contributed by atoms with E-state index < -0.39 is 15.8 Å². The van der Waals surface area contributed by atoms with Gasteiger partial charge in [-0.25, -0.2) is 0 Å². The monoisotopic (exact) mass is 807 g/mol. The number of hydrogen-bond acceptors (Lipinski definition) is 1. The van der Waals surface area contributed by atoms with Crippen molar-refractivity contribution >= 4 is 68.0 Å². The maximum atomic E-state index is 5.11. The normalized spacial score (nSPS) is 15.7. The molecule has 0 spiro atoms. The van der Waals surface area contributed by atoms with Gasteiger partial charge in [-0.1, -0.05) is 128 Å². The molecule has 1 nitrogen and oxygen atoms in total. The molecule has 6 aromatic rings. The van der Waals surface area contributed by atoms with E-state index in [1.165, 1.54) is 57.8 Å². The molecule has 1 fully saturated rings. The van der Waals surface area contributed by atoms with Gasteiger partial charge < -0.3 is 0 Å². The van der Waals surface area contributed by atoms with E-state index in [0.29, 0.717) is 11.7 Å². The molecule has 0 N–H and O–H groups in total. The molecule has 0 amide bonds.